The Kier molecular flexibility index (Phi) is 6.09. The minimum Gasteiger partial charge on any atom is -0.480 e. The van der Waals surface area contributed by atoms with Gasteiger partial charge >= 0.3 is 5.97 Å². The summed E-state index contributed by atoms with van der Waals surface area (Å²) in [5, 5.41) is 9.00. The van der Waals surface area contributed by atoms with Crippen LogP contribution < -0.4 is 0 Å². The van der Waals surface area contributed by atoms with E-state index in [-0.39, 0.29) is 18.6 Å². The number of rotatable bonds is 7. The second-order valence-electron chi connectivity index (χ2n) is 5.53. The van der Waals surface area contributed by atoms with Gasteiger partial charge < -0.3 is 14.7 Å². The lowest BCUT2D eigenvalue weighted by molar-refractivity contribution is -0.150. The molecule has 1 amide bonds. The number of amides is 1. The Morgan fingerprint density at radius 1 is 1.00 bits per heavy atom. The predicted octanol–water partition coefficient (Wildman–Crippen LogP) is 2.72. The van der Waals surface area contributed by atoms with Gasteiger partial charge in [-0.3, -0.25) is 4.79 Å². The number of aliphatic carboxylic acids is 1. The van der Waals surface area contributed by atoms with Gasteiger partial charge in [-0.1, -0.05) is 60.7 Å². The third kappa shape index (κ3) is 4.43. The average Bonchev–Trinajstić information content (AvgIpc) is 2.62. The summed E-state index contributed by atoms with van der Waals surface area (Å²) in [6.45, 7) is 1.27. The van der Waals surface area contributed by atoms with Crippen molar-refractivity contribution in [1.82, 2.24) is 4.90 Å². The van der Waals surface area contributed by atoms with Gasteiger partial charge in [-0.2, -0.15) is 0 Å². The van der Waals surface area contributed by atoms with Crippen LogP contribution in [0, 0.1) is 0 Å². The largest absolute Gasteiger partial charge is 0.480 e. The predicted molar refractivity (Wildman–Crippen MR) is 90.5 cm³/mol. The van der Waals surface area contributed by atoms with Crippen LogP contribution in [-0.4, -0.2) is 41.6 Å². The third-order valence-corrected chi connectivity index (χ3v) is 3.91. The number of carbonyl (C=O) groups is 2. The summed E-state index contributed by atoms with van der Waals surface area (Å²) in [4.78, 5) is 24.4. The SMILES string of the molecule is CC(C(=O)O)N(C)C(=O)COC(c1ccccc1)c1ccccc1. The van der Waals surface area contributed by atoms with Crippen molar-refractivity contribution in [2.45, 2.75) is 19.1 Å². The molecule has 0 aliphatic heterocycles. The molecule has 2 aromatic rings. The maximum atomic E-state index is 12.2. The van der Waals surface area contributed by atoms with Gasteiger partial charge in [0.05, 0.1) is 0 Å². The van der Waals surface area contributed by atoms with Gasteiger partial charge in [0.25, 0.3) is 0 Å². The number of hydrogen-bond acceptors (Lipinski definition) is 3. The fraction of sp³-hybridized carbons (Fsp3) is 0.263. The average molecular weight is 327 g/mol. The lowest BCUT2D eigenvalue weighted by Gasteiger charge is -2.24. The summed E-state index contributed by atoms with van der Waals surface area (Å²) in [5.74, 6) is -1.42. The number of nitrogens with zero attached hydrogens (tertiary/aromatic N) is 1. The second kappa shape index (κ2) is 8.26. The van der Waals surface area contributed by atoms with Gasteiger partial charge in [-0.25, -0.2) is 4.79 Å². The first kappa shape index (κ1) is 17.7. The van der Waals surface area contributed by atoms with Crippen molar-refractivity contribution in [3.05, 3.63) is 71.8 Å². The highest BCUT2D eigenvalue weighted by atomic mass is 16.5. The minimum atomic E-state index is -1.05. The van der Waals surface area contributed by atoms with Crippen LogP contribution in [0.2, 0.25) is 0 Å². The molecule has 0 radical (unpaired) electrons. The number of hydrogen-bond donors (Lipinski definition) is 1. The van der Waals surface area contributed by atoms with E-state index in [4.69, 9.17) is 9.84 Å². The van der Waals surface area contributed by atoms with E-state index in [1.807, 2.05) is 60.7 Å². The molecule has 2 aromatic carbocycles. The second-order valence-corrected chi connectivity index (χ2v) is 5.53. The normalized spacial score (nSPS) is 12.0. The molecule has 0 aliphatic rings. The molecular formula is C19H21NO4. The standard InChI is InChI=1S/C19H21NO4/c1-14(19(22)23)20(2)17(21)13-24-18(15-9-5-3-6-10-15)16-11-7-4-8-12-16/h3-12,14,18H,13H2,1-2H3,(H,22,23). The molecule has 2 rings (SSSR count). The van der Waals surface area contributed by atoms with Gasteiger partial charge in [0.2, 0.25) is 5.91 Å². The molecule has 5 nitrogen and oxygen atoms in total. The van der Waals surface area contributed by atoms with Crippen molar-refractivity contribution in [2.24, 2.45) is 0 Å². The van der Waals surface area contributed by atoms with Crippen molar-refractivity contribution in [3.63, 3.8) is 0 Å². The Labute approximate surface area is 141 Å². The number of likely N-dealkylation sites (N-methyl/N-ethyl adjacent to an activating group) is 1. The van der Waals surface area contributed by atoms with Gasteiger partial charge in [0, 0.05) is 7.05 Å². The number of carbonyl (C=O) groups excluding carboxylic acids is 1. The molecule has 1 unspecified atom stereocenters. The fourth-order valence-corrected chi connectivity index (χ4v) is 2.28. The van der Waals surface area contributed by atoms with E-state index in [9.17, 15) is 9.59 Å². The highest BCUT2D eigenvalue weighted by Gasteiger charge is 2.23. The van der Waals surface area contributed by atoms with E-state index in [0.29, 0.717) is 0 Å². The first-order valence-electron chi connectivity index (χ1n) is 7.70. The van der Waals surface area contributed by atoms with E-state index < -0.39 is 12.0 Å². The van der Waals surface area contributed by atoms with E-state index in [1.54, 1.807) is 0 Å². The summed E-state index contributed by atoms with van der Waals surface area (Å²) in [6.07, 6.45) is -0.384. The maximum Gasteiger partial charge on any atom is 0.326 e. The van der Waals surface area contributed by atoms with E-state index >= 15 is 0 Å². The summed E-state index contributed by atoms with van der Waals surface area (Å²) in [6, 6.07) is 18.3. The van der Waals surface area contributed by atoms with Crippen LogP contribution in [0.4, 0.5) is 0 Å². The molecule has 24 heavy (non-hydrogen) atoms. The molecule has 0 saturated heterocycles. The van der Waals surface area contributed by atoms with Crippen LogP contribution in [0.1, 0.15) is 24.2 Å². The fourth-order valence-electron chi connectivity index (χ4n) is 2.28. The molecule has 1 atom stereocenters. The van der Waals surface area contributed by atoms with Crippen molar-refractivity contribution in [2.75, 3.05) is 13.7 Å². The topological polar surface area (TPSA) is 66.8 Å². The summed E-state index contributed by atoms with van der Waals surface area (Å²) in [7, 11) is 1.46. The van der Waals surface area contributed by atoms with Gasteiger partial charge in [0.15, 0.2) is 0 Å². The van der Waals surface area contributed by atoms with Gasteiger partial charge in [-0.15, -0.1) is 0 Å². The van der Waals surface area contributed by atoms with Crippen LogP contribution in [0.3, 0.4) is 0 Å². The first-order chi connectivity index (χ1) is 11.5. The Bertz CT molecular complexity index is 633. The van der Waals surface area contributed by atoms with Crippen molar-refractivity contribution < 1.29 is 19.4 Å². The molecule has 0 fully saturated rings. The third-order valence-electron chi connectivity index (χ3n) is 3.91. The molecule has 0 spiro atoms. The summed E-state index contributed by atoms with van der Waals surface area (Å²) >= 11 is 0. The molecule has 0 saturated carbocycles. The van der Waals surface area contributed by atoms with Crippen molar-refractivity contribution in [1.29, 1.82) is 0 Å². The quantitative estimate of drug-likeness (QED) is 0.849. The van der Waals surface area contributed by atoms with Crippen LogP contribution in [0.15, 0.2) is 60.7 Å². The molecular weight excluding hydrogens is 306 g/mol. The van der Waals surface area contributed by atoms with Gasteiger partial charge in [0.1, 0.15) is 18.8 Å². The van der Waals surface area contributed by atoms with Crippen LogP contribution in [0.25, 0.3) is 0 Å². The smallest absolute Gasteiger partial charge is 0.326 e. The molecule has 0 aliphatic carbocycles. The van der Waals surface area contributed by atoms with E-state index in [2.05, 4.69) is 0 Å². The summed E-state index contributed by atoms with van der Waals surface area (Å²) in [5.41, 5.74) is 1.87. The lowest BCUT2D eigenvalue weighted by atomic mass is 10.0. The molecule has 5 heteroatoms. The first-order valence-corrected chi connectivity index (χ1v) is 7.70. The highest BCUT2D eigenvalue weighted by Crippen LogP contribution is 2.25. The molecule has 0 bridgehead atoms. The number of benzene rings is 2. The zero-order chi connectivity index (χ0) is 17.5. The number of carboxylic acid groups (broad SMARTS) is 1. The Balaban J connectivity index is 2.13. The van der Waals surface area contributed by atoms with Crippen LogP contribution in [0.5, 0.6) is 0 Å². The number of carboxylic acids is 1. The van der Waals surface area contributed by atoms with E-state index in [0.717, 1.165) is 11.1 Å². The van der Waals surface area contributed by atoms with Crippen molar-refractivity contribution in [3.8, 4) is 0 Å². The monoisotopic (exact) mass is 327 g/mol. The molecule has 1 N–H and O–H groups in total. The Morgan fingerprint density at radius 2 is 1.46 bits per heavy atom. The zero-order valence-electron chi connectivity index (χ0n) is 13.8. The highest BCUT2D eigenvalue weighted by molar-refractivity contribution is 5.83. The number of ether oxygens (including phenoxy) is 1. The van der Waals surface area contributed by atoms with Gasteiger partial charge in [-0.05, 0) is 18.1 Å². The van der Waals surface area contributed by atoms with Crippen LogP contribution in [-0.2, 0) is 14.3 Å². The van der Waals surface area contributed by atoms with E-state index in [1.165, 1.54) is 18.9 Å². The van der Waals surface area contributed by atoms with Crippen LogP contribution >= 0.6 is 0 Å². The maximum absolute atomic E-state index is 12.2. The molecule has 126 valence electrons. The Hall–Kier alpha value is -2.66. The Morgan fingerprint density at radius 3 is 1.88 bits per heavy atom. The zero-order valence-corrected chi connectivity index (χ0v) is 13.8. The lowest BCUT2D eigenvalue weighted by Crippen LogP contribution is -2.42. The van der Waals surface area contributed by atoms with Crippen molar-refractivity contribution >= 4 is 11.9 Å². The molecule has 0 aromatic heterocycles. The molecule has 0 heterocycles. The minimum absolute atomic E-state index is 0.192. The summed E-state index contributed by atoms with van der Waals surface area (Å²) < 4.78 is 5.84.